The summed E-state index contributed by atoms with van der Waals surface area (Å²) in [6.07, 6.45) is 2.51. The van der Waals surface area contributed by atoms with Gasteiger partial charge in [0.05, 0.1) is 31.9 Å². The maximum absolute atomic E-state index is 5.94. The fraction of sp³-hybridized carbons (Fsp3) is 0.467. The van der Waals surface area contributed by atoms with Gasteiger partial charge in [-0.05, 0) is 58.2 Å². The number of rotatable bonds is 15. The smallest absolute Gasteiger partial charge is 0.210 e. The Morgan fingerprint density at radius 1 is 0.439 bits per heavy atom. The number of ether oxygens (including phenoxy) is 3. The van der Waals surface area contributed by atoms with Crippen molar-refractivity contribution in [3.63, 3.8) is 0 Å². The molecule has 3 aromatic rings. The Morgan fingerprint density at radius 3 is 1.21 bits per heavy atom. The van der Waals surface area contributed by atoms with Crippen LogP contribution in [0.15, 0.2) is 121 Å². The second-order valence-corrected chi connectivity index (χ2v) is 16.8. The van der Waals surface area contributed by atoms with Gasteiger partial charge in [0.2, 0.25) is 17.7 Å². The van der Waals surface area contributed by atoms with E-state index in [0.717, 1.165) is 65.6 Å². The standard InChI is InChI=1S/C30H38N4O2S2.C15H20N2OS/c1-5-35-29-26(18-24-15-11-8-12-16-24)31-22(4)27(34-29)19-37-38-20-28-30(36-6-2)33-25(21(3)32-28)17-23-13-9-7-10-14-23;1-3-18-15-14(10-19)16-11(2)13(17-15)9-12-7-5-4-6-8-12/h7-16,25-28H,5-6,17-20H2,1-4H3;4-8,13-14,19H,3,9-10H2,1-2H3/t25-,26-,27-,28+;13-,14+/m11/s1. The minimum Gasteiger partial charge on any atom is -0.480 e. The second kappa shape index (κ2) is 23.5. The lowest BCUT2D eigenvalue weighted by Gasteiger charge is -2.26. The van der Waals surface area contributed by atoms with Gasteiger partial charge in [-0.25, -0.2) is 15.0 Å². The Morgan fingerprint density at radius 2 is 0.772 bits per heavy atom. The lowest BCUT2D eigenvalue weighted by molar-refractivity contribution is 0.307. The van der Waals surface area contributed by atoms with E-state index in [2.05, 4.69) is 92.1 Å². The number of benzene rings is 3. The number of nitrogens with zero attached hydrogens (tertiary/aromatic N) is 6. The summed E-state index contributed by atoms with van der Waals surface area (Å²) in [6, 6.07) is 31.2. The minimum atomic E-state index is -0.0571. The molecular formula is C45H58N6O3S3. The molecular weight excluding hydrogens is 769 g/mol. The maximum atomic E-state index is 5.94. The molecule has 304 valence electrons. The Labute approximate surface area is 353 Å². The molecule has 0 N–H and O–H groups in total. The van der Waals surface area contributed by atoms with Crippen LogP contribution >= 0.6 is 34.2 Å². The average molecular weight is 827 g/mol. The lowest BCUT2D eigenvalue weighted by Crippen LogP contribution is -2.36. The zero-order valence-corrected chi connectivity index (χ0v) is 36.7. The van der Waals surface area contributed by atoms with E-state index in [1.165, 1.54) is 16.7 Å². The molecule has 0 spiro atoms. The number of aliphatic imine (C=N–C) groups is 6. The third-order valence-electron chi connectivity index (χ3n) is 9.63. The van der Waals surface area contributed by atoms with Crippen LogP contribution in [0.5, 0.6) is 0 Å². The van der Waals surface area contributed by atoms with Crippen LogP contribution in [0.2, 0.25) is 0 Å². The van der Waals surface area contributed by atoms with Crippen LogP contribution < -0.4 is 0 Å². The summed E-state index contributed by atoms with van der Waals surface area (Å²) in [5.41, 5.74) is 6.97. The summed E-state index contributed by atoms with van der Waals surface area (Å²) in [5.74, 6) is 4.50. The summed E-state index contributed by atoms with van der Waals surface area (Å²) < 4.78 is 17.5. The number of thiol groups is 1. The van der Waals surface area contributed by atoms with E-state index in [1.807, 2.05) is 58.0 Å². The lowest BCUT2D eigenvalue weighted by atomic mass is 10.0. The van der Waals surface area contributed by atoms with Gasteiger partial charge in [0, 0.05) is 53.7 Å². The molecule has 3 heterocycles. The van der Waals surface area contributed by atoms with Gasteiger partial charge in [0.15, 0.2) is 0 Å². The summed E-state index contributed by atoms with van der Waals surface area (Å²) in [4.78, 5) is 29.3. The van der Waals surface area contributed by atoms with Crippen molar-refractivity contribution in [1.82, 2.24) is 0 Å². The van der Waals surface area contributed by atoms with E-state index in [9.17, 15) is 0 Å². The van der Waals surface area contributed by atoms with Crippen LogP contribution in [0.25, 0.3) is 0 Å². The molecule has 0 fully saturated rings. The number of hydrogen-bond acceptors (Lipinski definition) is 12. The van der Waals surface area contributed by atoms with Crippen molar-refractivity contribution in [3.8, 4) is 0 Å². The van der Waals surface area contributed by atoms with Crippen LogP contribution in [0.4, 0.5) is 0 Å². The third kappa shape index (κ3) is 13.6. The fourth-order valence-electron chi connectivity index (χ4n) is 6.65. The molecule has 0 unspecified atom stereocenters. The monoisotopic (exact) mass is 826 g/mol. The number of hydrogen-bond donors (Lipinski definition) is 1. The summed E-state index contributed by atoms with van der Waals surface area (Å²) in [7, 11) is 3.59. The molecule has 0 aliphatic carbocycles. The summed E-state index contributed by atoms with van der Waals surface area (Å²) >= 11 is 4.32. The quantitative estimate of drug-likeness (QED) is 0.0937. The van der Waals surface area contributed by atoms with Crippen LogP contribution in [0.1, 0.15) is 58.2 Å². The average Bonchev–Trinajstić information content (AvgIpc) is 3.22. The van der Waals surface area contributed by atoms with Crippen molar-refractivity contribution in [1.29, 1.82) is 0 Å². The molecule has 3 aliphatic rings. The van der Waals surface area contributed by atoms with Crippen molar-refractivity contribution in [2.75, 3.05) is 37.1 Å². The van der Waals surface area contributed by atoms with Crippen molar-refractivity contribution < 1.29 is 14.2 Å². The van der Waals surface area contributed by atoms with E-state index >= 15 is 0 Å². The van der Waals surface area contributed by atoms with Crippen molar-refractivity contribution in [3.05, 3.63) is 108 Å². The molecule has 57 heavy (non-hydrogen) atoms. The highest BCUT2D eigenvalue weighted by molar-refractivity contribution is 8.76. The first-order valence-corrected chi connectivity index (χ1v) is 23.1. The van der Waals surface area contributed by atoms with Gasteiger partial charge in [-0.15, -0.1) is 0 Å². The largest absolute Gasteiger partial charge is 0.480 e. The Kier molecular flexibility index (Phi) is 18.2. The zero-order valence-electron chi connectivity index (χ0n) is 34.2. The first-order valence-electron chi connectivity index (χ1n) is 20.0. The molecule has 0 radical (unpaired) electrons. The Balaban J connectivity index is 0.000000273. The molecule has 9 nitrogen and oxygen atoms in total. The first kappa shape index (κ1) is 44.2. The minimum absolute atomic E-state index is 0.0212. The van der Waals surface area contributed by atoms with Crippen molar-refractivity contribution in [2.24, 2.45) is 30.0 Å². The van der Waals surface area contributed by atoms with Gasteiger partial charge in [0.1, 0.15) is 24.2 Å². The SMILES string of the molecule is CCOC1=N[C@H](Cc2ccccc2)C(C)=N[C@H]1CS.CCOC1=N[C@H](Cc2ccccc2)C(C)=N[C@H]1CSSC[C@H]1N=C(OCC)[C@@H](Cc2ccccc2)N=C1C. The van der Waals surface area contributed by atoms with Crippen LogP contribution in [0, 0.1) is 0 Å². The fourth-order valence-corrected chi connectivity index (χ4v) is 9.22. The highest BCUT2D eigenvalue weighted by atomic mass is 33.1. The highest BCUT2D eigenvalue weighted by Crippen LogP contribution is 2.29. The van der Waals surface area contributed by atoms with Crippen LogP contribution in [-0.4, -0.2) is 108 Å². The second-order valence-electron chi connectivity index (χ2n) is 13.9. The van der Waals surface area contributed by atoms with Crippen molar-refractivity contribution >= 4 is 69.0 Å². The molecule has 3 aliphatic heterocycles. The molecule has 6 rings (SSSR count). The van der Waals surface area contributed by atoms with Gasteiger partial charge in [0.25, 0.3) is 0 Å². The van der Waals surface area contributed by atoms with Gasteiger partial charge in [-0.1, -0.05) is 113 Å². The van der Waals surface area contributed by atoms with Gasteiger partial charge in [-0.2, -0.15) is 12.6 Å². The molecule has 12 heteroatoms. The Hall–Kier alpha value is -3.87. The highest BCUT2D eigenvalue weighted by Gasteiger charge is 2.29. The zero-order chi connectivity index (χ0) is 40.4. The predicted octanol–water partition coefficient (Wildman–Crippen LogP) is 8.95. The molecule has 3 aromatic carbocycles. The molecule has 0 saturated carbocycles. The van der Waals surface area contributed by atoms with E-state index in [-0.39, 0.29) is 36.3 Å². The molecule has 0 bridgehead atoms. The van der Waals surface area contributed by atoms with Crippen LogP contribution in [-0.2, 0) is 33.5 Å². The molecule has 0 aromatic heterocycles. The van der Waals surface area contributed by atoms with Crippen molar-refractivity contribution in [2.45, 2.75) is 97.1 Å². The van der Waals surface area contributed by atoms with Gasteiger partial charge in [-0.3, -0.25) is 15.0 Å². The van der Waals surface area contributed by atoms with Gasteiger partial charge >= 0.3 is 0 Å². The molecule has 0 saturated heterocycles. The molecule has 0 amide bonds. The van der Waals surface area contributed by atoms with E-state index in [4.69, 9.17) is 39.2 Å². The normalized spacial score (nSPS) is 23.0. The predicted molar refractivity (Wildman–Crippen MR) is 248 cm³/mol. The van der Waals surface area contributed by atoms with E-state index in [0.29, 0.717) is 25.6 Å². The first-order chi connectivity index (χ1) is 27.8. The summed E-state index contributed by atoms with van der Waals surface area (Å²) in [6.45, 7) is 14.0. The summed E-state index contributed by atoms with van der Waals surface area (Å²) in [5, 5.41) is 0. The van der Waals surface area contributed by atoms with Crippen LogP contribution in [0.3, 0.4) is 0 Å². The maximum Gasteiger partial charge on any atom is 0.210 e. The molecule has 6 atom stereocenters. The topological polar surface area (TPSA) is 102 Å². The van der Waals surface area contributed by atoms with E-state index in [1.54, 1.807) is 21.6 Å². The van der Waals surface area contributed by atoms with Gasteiger partial charge < -0.3 is 14.2 Å². The third-order valence-corrected chi connectivity index (χ3v) is 12.4. The van der Waals surface area contributed by atoms with E-state index < -0.39 is 0 Å². The Bertz CT molecular complexity index is 1870.